The van der Waals surface area contributed by atoms with Gasteiger partial charge in [-0.1, -0.05) is 13.0 Å². The Hall–Kier alpha value is -3.13. The van der Waals surface area contributed by atoms with E-state index in [1.54, 1.807) is 24.3 Å². The van der Waals surface area contributed by atoms with E-state index in [1.807, 2.05) is 0 Å². The molecule has 29 heavy (non-hydrogen) atoms. The van der Waals surface area contributed by atoms with Crippen LogP contribution in [0.1, 0.15) is 41.1 Å². The summed E-state index contributed by atoms with van der Waals surface area (Å²) >= 11 is 1.48. The lowest BCUT2D eigenvalue weighted by Crippen LogP contribution is -2.23. The molecule has 0 unspecified atom stereocenters. The molecule has 0 bridgehead atoms. The van der Waals surface area contributed by atoms with Crippen LogP contribution in [0, 0.1) is 5.92 Å². The Balaban J connectivity index is 1.71. The summed E-state index contributed by atoms with van der Waals surface area (Å²) in [7, 11) is 0. The van der Waals surface area contributed by atoms with Crippen LogP contribution in [0.4, 0.5) is 11.4 Å². The number of carbonyl (C=O) groups excluding carboxylic acids is 2. The van der Waals surface area contributed by atoms with Crippen molar-refractivity contribution < 1.29 is 14.7 Å². The third-order valence-electron chi connectivity index (χ3n) is 5.11. The maximum absolute atomic E-state index is 12.8. The van der Waals surface area contributed by atoms with Gasteiger partial charge in [-0.3, -0.25) is 14.4 Å². The van der Waals surface area contributed by atoms with E-state index in [0.717, 1.165) is 29.7 Å². The van der Waals surface area contributed by atoms with Crippen LogP contribution in [-0.4, -0.2) is 21.9 Å². The molecule has 0 aliphatic heterocycles. The van der Waals surface area contributed by atoms with Gasteiger partial charge in [0.25, 0.3) is 11.5 Å². The molecule has 2 amide bonds. The van der Waals surface area contributed by atoms with Crippen molar-refractivity contribution in [1.29, 1.82) is 0 Å². The highest BCUT2D eigenvalue weighted by Gasteiger charge is 2.27. The van der Waals surface area contributed by atoms with Crippen LogP contribution in [0.25, 0.3) is 10.2 Å². The second-order valence-electron chi connectivity index (χ2n) is 7.45. The zero-order valence-electron chi connectivity index (χ0n) is 16.1. The molecule has 3 aromatic rings. The molecule has 2 heterocycles. The number of pyridine rings is 1. The molecule has 1 aromatic carbocycles. The molecular formula is C21H21N3O4S. The minimum Gasteiger partial charge on any atom is -0.506 e. The van der Waals surface area contributed by atoms with Gasteiger partial charge in [0.1, 0.15) is 16.1 Å². The molecule has 8 heteroatoms. The zero-order chi connectivity index (χ0) is 20.7. The lowest BCUT2D eigenvalue weighted by molar-refractivity contribution is -0.114. The second kappa shape index (κ2) is 7.36. The van der Waals surface area contributed by atoms with Crippen LogP contribution < -0.4 is 16.2 Å². The Labute approximate surface area is 170 Å². The standard InChI is InChI=1S/C21H21N3O4S/c1-10-6-7-14-15(8-10)29-21-16(14)18(26)17(20(28)24-21)19(27)23-13-5-3-4-12(9-13)22-11(2)25/h3-5,9-10H,6-8H2,1-2H3,(H,22,25)(H,23,27)(H2,24,26,28)/t10-/m0/s1. The number of carbonyl (C=O) groups is 2. The smallest absolute Gasteiger partial charge is 0.265 e. The molecule has 0 saturated carbocycles. The quantitative estimate of drug-likeness (QED) is 0.527. The first-order valence-electron chi connectivity index (χ1n) is 9.42. The van der Waals surface area contributed by atoms with Crippen molar-refractivity contribution in [3.8, 4) is 5.75 Å². The number of aromatic amines is 1. The molecule has 4 rings (SSSR count). The fraction of sp³-hybridized carbons (Fsp3) is 0.286. The van der Waals surface area contributed by atoms with E-state index < -0.39 is 11.5 Å². The number of rotatable bonds is 3. The Kier molecular flexibility index (Phi) is 4.87. The molecule has 2 aromatic heterocycles. The zero-order valence-corrected chi connectivity index (χ0v) is 16.9. The van der Waals surface area contributed by atoms with E-state index >= 15 is 0 Å². The summed E-state index contributed by atoms with van der Waals surface area (Å²) in [4.78, 5) is 41.1. The first-order valence-corrected chi connectivity index (χ1v) is 10.2. The molecule has 0 spiro atoms. The molecule has 0 fully saturated rings. The van der Waals surface area contributed by atoms with E-state index in [4.69, 9.17) is 0 Å². The van der Waals surface area contributed by atoms with Crippen LogP contribution in [0.3, 0.4) is 0 Å². The van der Waals surface area contributed by atoms with E-state index in [9.17, 15) is 19.5 Å². The highest BCUT2D eigenvalue weighted by atomic mass is 32.1. The van der Waals surface area contributed by atoms with Crippen LogP contribution in [-0.2, 0) is 17.6 Å². The molecular weight excluding hydrogens is 390 g/mol. The van der Waals surface area contributed by atoms with Crippen LogP contribution >= 0.6 is 11.3 Å². The maximum Gasteiger partial charge on any atom is 0.265 e. The van der Waals surface area contributed by atoms with Gasteiger partial charge in [0.2, 0.25) is 5.91 Å². The van der Waals surface area contributed by atoms with E-state index in [2.05, 4.69) is 22.5 Å². The second-order valence-corrected chi connectivity index (χ2v) is 8.55. The summed E-state index contributed by atoms with van der Waals surface area (Å²) < 4.78 is 0. The van der Waals surface area contributed by atoms with Crippen molar-refractivity contribution in [3.63, 3.8) is 0 Å². The number of hydrogen-bond acceptors (Lipinski definition) is 5. The Morgan fingerprint density at radius 1 is 1.24 bits per heavy atom. The summed E-state index contributed by atoms with van der Waals surface area (Å²) in [5, 5.41) is 16.7. The summed E-state index contributed by atoms with van der Waals surface area (Å²) in [5.74, 6) is -0.645. The topological polar surface area (TPSA) is 111 Å². The average Bonchev–Trinajstić information content (AvgIpc) is 2.98. The van der Waals surface area contributed by atoms with Crippen molar-refractivity contribution in [3.05, 3.63) is 50.6 Å². The summed E-state index contributed by atoms with van der Waals surface area (Å²) in [6.07, 6.45) is 2.73. The van der Waals surface area contributed by atoms with E-state index in [-0.39, 0.29) is 17.2 Å². The largest absolute Gasteiger partial charge is 0.506 e. The fourth-order valence-corrected chi connectivity index (χ4v) is 5.18. The number of aryl methyl sites for hydroxylation is 1. The molecule has 7 nitrogen and oxygen atoms in total. The number of fused-ring (bicyclic) bond motifs is 3. The van der Waals surface area contributed by atoms with E-state index in [0.29, 0.717) is 27.5 Å². The summed E-state index contributed by atoms with van der Waals surface area (Å²) in [6.45, 7) is 3.57. The Morgan fingerprint density at radius 3 is 2.69 bits per heavy atom. The van der Waals surface area contributed by atoms with Gasteiger partial charge >= 0.3 is 0 Å². The molecule has 4 N–H and O–H groups in total. The van der Waals surface area contributed by atoms with Crippen LogP contribution in [0.2, 0.25) is 0 Å². The van der Waals surface area contributed by atoms with Crippen molar-refractivity contribution in [2.24, 2.45) is 5.92 Å². The molecule has 0 saturated heterocycles. The first kappa shape index (κ1) is 19.2. The monoisotopic (exact) mass is 411 g/mol. The van der Waals surface area contributed by atoms with Gasteiger partial charge in [-0.25, -0.2) is 0 Å². The molecule has 1 aliphatic carbocycles. The van der Waals surface area contributed by atoms with Gasteiger partial charge in [0.05, 0.1) is 5.39 Å². The Morgan fingerprint density at radius 2 is 1.97 bits per heavy atom. The number of hydrogen-bond donors (Lipinski definition) is 4. The number of nitrogens with one attached hydrogen (secondary N) is 3. The van der Waals surface area contributed by atoms with Crippen molar-refractivity contribution >= 4 is 44.7 Å². The van der Waals surface area contributed by atoms with Gasteiger partial charge in [-0.2, -0.15) is 0 Å². The summed E-state index contributed by atoms with van der Waals surface area (Å²) in [5.41, 5.74) is 1.02. The lowest BCUT2D eigenvalue weighted by atomic mass is 9.89. The van der Waals surface area contributed by atoms with Crippen molar-refractivity contribution in [2.75, 3.05) is 10.6 Å². The van der Waals surface area contributed by atoms with Gasteiger partial charge in [-0.05, 0) is 48.9 Å². The number of aromatic nitrogens is 1. The number of H-pyrrole nitrogens is 1. The summed E-state index contributed by atoms with van der Waals surface area (Å²) in [6, 6.07) is 6.58. The van der Waals surface area contributed by atoms with E-state index in [1.165, 1.54) is 18.3 Å². The number of anilines is 2. The third-order valence-corrected chi connectivity index (χ3v) is 6.28. The number of thiophene rings is 1. The van der Waals surface area contributed by atoms with Crippen molar-refractivity contribution in [2.45, 2.75) is 33.1 Å². The third kappa shape index (κ3) is 3.63. The minimum atomic E-state index is -0.699. The highest BCUT2D eigenvalue weighted by molar-refractivity contribution is 7.18. The molecule has 150 valence electrons. The molecule has 0 radical (unpaired) electrons. The number of benzene rings is 1. The number of aromatic hydroxyl groups is 1. The fourth-order valence-electron chi connectivity index (χ4n) is 3.77. The molecule has 1 aliphatic rings. The SMILES string of the molecule is CC(=O)Nc1cccc(NC(=O)c2c(O)c3c4c(sc3[nH]c2=O)C[C@@H](C)CC4)c1. The van der Waals surface area contributed by atoms with Gasteiger partial charge in [0.15, 0.2) is 0 Å². The van der Waals surface area contributed by atoms with Gasteiger partial charge in [0, 0.05) is 23.2 Å². The molecule has 1 atom stereocenters. The highest BCUT2D eigenvalue weighted by Crippen LogP contribution is 2.41. The predicted molar refractivity (Wildman–Crippen MR) is 114 cm³/mol. The van der Waals surface area contributed by atoms with Gasteiger partial charge in [-0.15, -0.1) is 11.3 Å². The predicted octanol–water partition coefficient (Wildman–Crippen LogP) is 3.63. The average molecular weight is 411 g/mol. The van der Waals surface area contributed by atoms with Crippen LogP contribution in [0.5, 0.6) is 5.75 Å². The lowest BCUT2D eigenvalue weighted by Gasteiger charge is -2.18. The number of amides is 2. The first-order chi connectivity index (χ1) is 13.8. The van der Waals surface area contributed by atoms with Crippen molar-refractivity contribution in [1.82, 2.24) is 4.98 Å². The maximum atomic E-state index is 12.8. The minimum absolute atomic E-state index is 0.232. The van der Waals surface area contributed by atoms with Gasteiger partial charge < -0.3 is 20.7 Å². The normalized spacial score (nSPS) is 15.7. The Bertz CT molecular complexity index is 1190. The van der Waals surface area contributed by atoms with Crippen LogP contribution in [0.15, 0.2) is 29.1 Å².